The minimum atomic E-state index is -0.0552. The summed E-state index contributed by atoms with van der Waals surface area (Å²) in [5.41, 5.74) is 0.328. The second-order valence-electron chi connectivity index (χ2n) is 6.54. The van der Waals surface area contributed by atoms with E-state index in [1.54, 1.807) is 0 Å². The Morgan fingerprint density at radius 2 is 1.88 bits per heavy atom. The summed E-state index contributed by atoms with van der Waals surface area (Å²) in [4.78, 5) is 0. The predicted molar refractivity (Wildman–Crippen MR) is 70.4 cm³/mol. The molecule has 1 N–H and O–H groups in total. The molecule has 0 saturated heterocycles. The van der Waals surface area contributed by atoms with Gasteiger partial charge in [0.15, 0.2) is 0 Å². The zero-order valence-electron chi connectivity index (χ0n) is 11.6. The maximum Gasteiger partial charge on any atom is 0.0576 e. The molecule has 0 heterocycles. The van der Waals surface area contributed by atoms with Gasteiger partial charge < -0.3 is 5.11 Å². The summed E-state index contributed by atoms with van der Waals surface area (Å²) < 4.78 is 0. The topological polar surface area (TPSA) is 20.2 Å². The highest BCUT2D eigenvalue weighted by Gasteiger charge is 2.37. The molecule has 3 atom stereocenters. The van der Waals surface area contributed by atoms with Crippen LogP contribution in [-0.4, -0.2) is 11.2 Å². The molecule has 1 saturated carbocycles. The normalized spacial score (nSPS) is 31.7. The Balaban J connectivity index is 2.47. The van der Waals surface area contributed by atoms with Crippen molar-refractivity contribution in [2.24, 2.45) is 17.3 Å². The molecule has 1 nitrogen and oxygen atoms in total. The van der Waals surface area contributed by atoms with Gasteiger partial charge in [0.25, 0.3) is 0 Å². The van der Waals surface area contributed by atoms with Crippen molar-refractivity contribution in [1.82, 2.24) is 0 Å². The molecule has 96 valence electrons. The first-order chi connectivity index (χ1) is 7.47. The number of aliphatic hydroxyl groups is 1. The highest BCUT2D eigenvalue weighted by molar-refractivity contribution is 4.87. The maximum absolute atomic E-state index is 10.2. The van der Waals surface area contributed by atoms with Gasteiger partial charge in [0.2, 0.25) is 0 Å². The lowest BCUT2D eigenvalue weighted by molar-refractivity contribution is -0.0168. The van der Waals surface area contributed by atoms with Crippen LogP contribution < -0.4 is 0 Å². The van der Waals surface area contributed by atoms with E-state index in [4.69, 9.17) is 0 Å². The number of hydrogen-bond donors (Lipinski definition) is 1. The highest BCUT2D eigenvalue weighted by atomic mass is 16.3. The van der Waals surface area contributed by atoms with Crippen molar-refractivity contribution >= 4 is 0 Å². The van der Waals surface area contributed by atoms with Crippen molar-refractivity contribution in [3.05, 3.63) is 0 Å². The molecule has 0 spiro atoms. The monoisotopic (exact) mass is 226 g/mol. The molecule has 0 aromatic carbocycles. The summed E-state index contributed by atoms with van der Waals surface area (Å²) in [5.74, 6) is 1.25. The van der Waals surface area contributed by atoms with Crippen molar-refractivity contribution < 1.29 is 5.11 Å². The third-order valence-electron chi connectivity index (χ3n) is 4.51. The Hall–Kier alpha value is -0.0400. The molecule has 3 unspecified atom stereocenters. The van der Waals surface area contributed by atoms with Crippen LogP contribution in [0.1, 0.15) is 72.6 Å². The molecule has 0 aromatic heterocycles. The SMILES string of the molecule is CCCCCC(C)(C)C1CCC(C)CC1O. The minimum absolute atomic E-state index is 0.0552. The summed E-state index contributed by atoms with van der Waals surface area (Å²) in [6.45, 7) is 9.23. The third kappa shape index (κ3) is 3.76. The molecule has 0 radical (unpaired) electrons. The van der Waals surface area contributed by atoms with Gasteiger partial charge >= 0.3 is 0 Å². The number of aliphatic hydroxyl groups excluding tert-OH is 1. The average molecular weight is 226 g/mol. The van der Waals surface area contributed by atoms with Crippen molar-refractivity contribution in [3.8, 4) is 0 Å². The first-order valence-corrected chi connectivity index (χ1v) is 7.15. The second-order valence-corrected chi connectivity index (χ2v) is 6.54. The smallest absolute Gasteiger partial charge is 0.0576 e. The van der Waals surface area contributed by atoms with Crippen LogP contribution in [0.3, 0.4) is 0 Å². The van der Waals surface area contributed by atoms with Gasteiger partial charge in [-0.05, 0) is 36.5 Å². The van der Waals surface area contributed by atoms with Crippen molar-refractivity contribution in [2.45, 2.75) is 78.7 Å². The molecule has 1 heteroatoms. The Labute approximate surface area is 102 Å². The van der Waals surface area contributed by atoms with Crippen LogP contribution in [0.25, 0.3) is 0 Å². The summed E-state index contributed by atoms with van der Waals surface area (Å²) >= 11 is 0. The Morgan fingerprint density at radius 3 is 2.44 bits per heavy atom. The van der Waals surface area contributed by atoms with Gasteiger partial charge in [-0.1, -0.05) is 53.4 Å². The predicted octanol–water partition coefficient (Wildman–Crippen LogP) is 4.39. The van der Waals surface area contributed by atoms with E-state index in [0.717, 1.165) is 12.3 Å². The zero-order valence-corrected chi connectivity index (χ0v) is 11.6. The summed E-state index contributed by atoms with van der Waals surface area (Å²) in [6, 6.07) is 0. The van der Waals surface area contributed by atoms with Gasteiger partial charge in [-0.25, -0.2) is 0 Å². The molecule has 0 bridgehead atoms. The van der Waals surface area contributed by atoms with Gasteiger partial charge in [0, 0.05) is 0 Å². The van der Waals surface area contributed by atoms with Crippen LogP contribution in [0.2, 0.25) is 0 Å². The molecule has 0 amide bonds. The molecular weight excluding hydrogens is 196 g/mol. The van der Waals surface area contributed by atoms with Crippen LogP contribution in [0, 0.1) is 17.3 Å². The highest BCUT2D eigenvalue weighted by Crippen LogP contribution is 2.43. The fraction of sp³-hybridized carbons (Fsp3) is 1.00. The molecule has 1 fully saturated rings. The molecule has 1 rings (SSSR count). The van der Waals surface area contributed by atoms with Crippen LogP contribution >= 0.6 is 0 Å². The first-order valence-electron chi connectivity index (χ1n) is 7.15. The van der Waals surface area contributed by atoms with Gasteiger partial charge in [0.05, 0.1) is 6.10 Å². The lowest BCUT2D eigenvalue weighted by Gasteiger charge is -2.42. The average Bonchev–Trinajstić information content (AvgIpc) is 2.17. The zero-order chi connectivity index (χ0) is 12.2. The fourth-order valence-corrected chi connectivity index (χ4v) is 3.28. The largest absolute Gasteiger partial charge is 0.393 e. The lowest BCUT2D eigenvalue weighted by atomic mass is 9.65. The maximum atomic E-state index is 10.2. The van der Waals surface area contributed by atoms with Crippen molar-refractivity contribution in [2.75, 3.05) is 0 Å². The van der Waals surface area contributed by atoms with Crippen molar-refractivity contribution in [1.29, 1.82) is 0 Å². The van der Waals surface area contributed by atoms with E-state index in [-0.39, 0.29) is 6.10 Å². The summed E-state index contributed by atoms with van der Waals surface area (Å²) in [6.07, 6.45) is 8.71. The van der Waals surface area contributed by atoms with Gasteiger partial charge in [0.1, 0.15) is 0 Å². The molecule has 1 aliphatic rings. The van der Waals surface area contributed by atoms with E-state index < -0.39 is 0 Å². The quantitative estimate of drug-likeness (QED) is 0.689. The standard InChI is InChI=1S/C15H30O/c1-5-6-7-10-15(3,4)13-9-8-12(2)11-14(13)16/h12-14,16H,5-11H2,1-4H3. The second kappa shape index (κ2) is 6.05. The van der Waals surface area contributed by atoms with Gasteiger partial charge in [-0.3, -0.25) is 0 Å². The van der Waals surface area contributed by atoms with Crippen molar-refractivity contribution in [3.63, 3.8) is 0 Å². The summed E-state index contributed by atoms with van der Waals surface area (Å²) in [7, 11) is 0. The van der Waals surface area contributed by atoms with Gasteiger partial charge in [-0.2, -0.15) is 0 Å². The molecule has 0 aliphatic heterocycles. The third-order valence-corrected chi connectivity index (χ3v) is 4.51. The van der Waals surface area contributed by atoms with Crippen LogP contribution in [0.15, 0.2) is 0 Å². The minimum Gasteiger partial charge on any atom is -0.393 e. The van der Waals surface area contributed by atoms with E-state index >= 15 is 0 Å². The molecular formula is C15H30O. The Bertz CT molecular complexity index is 198. The van der Waals surface area contributed by atoms with E-state index in [9.17, 15) is 5.11 Å². The number of rotatable bonds is 5. The Kier molecular flexibility index (Phi) is 5.30. The number of hydrogen-bond acceptors (Lipinski definition) is 1. The molecule has 16 heavy (non-hydrogen) atoms. The van der Waals surface area contributed by atoms with Crippen LogP contribution in [-0.2, 0) is 0 Å². The Morgan fingerprint density at radius 1 is 1.19 bits per heavy atom. The summed E-state index contributed by atoms with van der Waals surface area (Å²) in [5, 5.41) is 10.2. The molecule has 1 aliphatic carbocycles. The lowest BCUT2D eigenvalue weighted by Crippen LogP contribution is -2.38. The van der Waals surface area contributed by atoms with Crippen LogP contribution in [0.5, 0.6) is 0 Å². The first kappa shape index (κ1) is 14.0. The fourth-order valence-electron chi connectivity index (χ4n) is 3.28. The van der Waals surface area contributed by atoms with E-state index in [1.165, 1.54) is 38.5 Å². The van der Waals surface area contributed by atoms with E-state index in [0.29, 0.717) is 11.3 Å². The molecule has 0 aromatic rings. The van der Waals surface area contributed by atoms with E-state index in [2.05, 4.69) is 27.7 Å². The van der Waals surface area contributed by atoms with Crippen LogP contribution in [0.4, 0.5) is 0 Å². The number of unbranched alkanes of at least 4 members (excludes halogenated alkanes) is 2. The van der Waals surface area contributed by atoms with E-state index in [1.807, 2.05) is 0 Å². The van der Waals surface area contributed by atoms with Gasteiger partial charge in [-0.15, -0.1) is 0 Å².